The highest BCUT2D eigenvalue weighted by Crippen LogP contribution is 2.22. The fourth-order valence-corrected chi connectivity index (χ4v) is 3.05. The van der Waals surface area contributed by atoms with Gasteiger partial charge in [0.05, 0.1) is 12.8 Å². The van der Waals surface area contributed by atoms with Crippen LogP contribution in [-0.2, 0) is 11.4 Å². The molecule has 31 heavy (non-hydrogen) atoms. The van der Waals surface area contributed by atoms with E-state index in [4.69, 9.17) is 4.74 Å². The lowest BCUT2D eigenvalue weighted by atomic mass is 10.1. The van der Waals surface area contributed by atoms with Crippen molar-refractivity contribution in [1.29, 1.82) is 0 Å². The molecule has 0 atom stereocenters. The van der Waals surface area contributed by atoms with Crippen molar-refractivity contribution >= 4 is 34.0 Å². The van der Waals surface area contributed by atoms with Crippen LogP contribution in [-0.4, -0.2) is 24.6 Å². The van der Waals surface area contributed by atoms with Crippen LogP contribution < -0.4 is 15.5 Å². The first-order chi connectivity index (χ1) is 15.0. The molecule has 0 aliphatic carbocycles. The zero-order valence-corrected chi connectivity index (χ0v) is 18.6. The van der Waals surface area contributed by atoms with Gasteiger partial charge in [0.1, 0.15) is 12.4 Å². The molecule has 0 aliphatic heterocycles. The van der Waals surface area contributed by atoms with Crippen LogP contribution in [0.1, 0.15) is 27.0 Å². The maximum Gasteiger partial charge on any atom is 0.259 e. The van der Waals surface area contributed by atoms with Gasteiger partial charge in [-0.2, -0.15) is 5.10 Å². The molecule has 0 aliphatic rings. The van der Waals surface area contributed by atoms with Crippen molar-refractivity contribution in [3.63, 3.8) is 0 Å². The summed E-state index contributed by atoms with van der Waals surface area (Å²) in [6.45, 7) is 2.18. The van der Waals surface area contributed by atoms with Gasteiger partial charge in [-0.1, -0.05) is 64.0 Å². The first kappa shape index (κ1) is 22.2. The quantitative estimate of drug-likeness (QED) is 0.375. The average molecular weight is 480 g/mol. The van der Waals surface area contributed by atoms with E-state index in [1.807, 2.05) is 67.6 Å². The number of halogens is 1. The summed E-state index contributed by atoms with van der Waals surface area (Å²) in [6.07, 6.45) is 1.50. The van der Waals surface area contributed by atoms with Gasteiger partial charge < -0.3 is 10.1 Å². The molecule has 0 bridgehead atoms. The van der Waals surface area contributed by atoms with Gasteiger partial charge in [0, 0.05) is 15.6 Å². The number of hydrogen-bond donors (Lipinski definition) is 2. The molecule has 0 spiro atoms. The van der Waals surface area contributed by atoms with Crippen LogP contribution >= 0.6 is 15.9 Å². The number of carbonyl (C=O) groups excluding carboxylic acids is 2. The Morgan fingerprint density at radius 3 is 2.52 bits per heavy atom. The maximum absolute atomic E-state index is 12.1. The van der Waals surface area contributed by atoms with Crippen LogP contribution in [0, 0.1) is 6.92 Å². The molecule has 0 saturated carbocycles. The number of nitrogens with one attached hydrogen (secondary N) is 2. The molecule has 158 valence electrons. The van der Waals surface area contributed by atoms with E-state index >= 15 is 0 Å². The number of aryl methyl sites for hydroxylation is 1. The predicted octanol–water partition coefficient (Wildman–Crippen LogP) is 4.22. The summed E-state index contributed by atoms with van der Waals surface area (Å²) in [6, 6.07) is 22.5. The smallest absolute Gasteiger partial charge is 0.259 e. The molecule has 0 unspecified atom stereocenters. The monoisotopic (exact) mass is 479 g/mol. The summed E-state index contributed by atoms with van der Waals surface area (Å²) in [4.78, 5) is 24.1. The summed E-state index contributed by atoms with van der Waals surface area (Å²) in [5.41, 5.74) is 5.72. The molecule has 3 rings (SSSR count). The summed E-state index contributed by atoms with van der Waals surface area (Å²) in [7, 11) is 0. The standard InChI is InChI=1S/C24H22BrN3O3/c1-17-7-9-19(10-8-17)24(30)26-15-23(29)28-27-14-20-13-21(25)11-12-22(20)31-16-18-5-3-2-4-6-18/h2-14H,15-16H2,1H3,(H,26,30)(H,28,29)/b27-14-. The first-order valence-electron chi connectivity index (χ1n) is 9.64. The number of nitrogens with zero attached hydrogens (tertiary/aromatic N) is 1. The van der Waals surface area contributed by atoms with Gasteiger partial charge in [-0.25, -0.2) is 5.43 Å². The van der Waals surface area contributed by atoms with E-state index in [1.165, 1.54) is 6.21 Å². The van der Waals surface area contributed by atoms with E-state index in [0.717, 1.165) is 15.6 Å². The van der Waals surface area contributed by atoms with E-state index in [1.54, 1.807) is 12.1 Å². The molecule has 2 N–H and O–H groups in total. The van der Waals surface area contributed by atoms with Crippen molar-refractivity contribution in [1.82, 2.24) is 10.7 Å². The van der Waals surface area contributed by atoms with Crippen LogP contribution in [0.3, 0.4) is 0 Å². The molecule has 0 aromatic heterocycles. The second-order valence-corrected chi connectivity index (χ2v) is 7.71. The topological polar surface area (TPSA) is 79.8 Å². The molecule has 3 aromatic rings. The van der Waals surface area contributed by atoms with E-state index < -0.39 is 5.91 Å². The van der Waals surface area contributed by atoms with Crippen LogP contribution in [0.2, 0.25) is 0 Å². The Morgan fingerprint density at radius 1 is 1.03 bits per heavy atom. The van der Waals surface area contributed by atoms with Crippen LogP contribution in [0.15, 0.2) is 82.4 Å². The van der Waals surface area contributed by atoms with Crippen LogP contribution in [0.5, 0.6) is 5.75 Å². The van der Waals surface area contributed by atoms with Crippen LogP contribution in [0.4, 0.5) is 0 Å². The highest BCUT2D eigenvalue weighted by molar-refractivity contribution is 9.10. The molecular weight excluding hydrogens is 458 g/mol. The fourth-order valence-electron chi connectivity index (χ4n) is 2.67. The molecular formula is C24H22BrN3O3. The molecule has 2 amide bonds. The minimum absolute atomic E-state index is 0.181. The first-order valence-corrected chi connectivity index (χ1v) is 10.4. The number of benzene rings is 3. The maximum atomic E-state index is 12.1. The summed E-state index contributed by atoms with van der Waals surface area (Å²) < 4.78 is 6.75. The van der Waals surface area contributed by atoms with Crippen molar-refractivity contribution in [3.8, 4) is 5.75 Å². The number of rotatable bonds is 8. The molecule has 0 saturated heterocycles. The number of hydrazone groups is 1. The number of carbonyl (C=O) groups is 2. The molecule has 7 heteroatoms. The van der Waals surface area contributed by atoms with Gasteiger partial charge in [0.15, 0.2) is 0 Å². The van der Waals surface area contributed by atoms with E-state index in [0.29, 0.717) is 23.5 Å². The number of ether oxygens (including phenoxy) is 1. The highest BCUT2D eigenvalue weighted by Gasteiger charge is 2.08. The van der Waals surface area contributed by atoms with Gasteiger partial charge in [0.25, 0.3) is 11.8 Å². The zero-order chi connectivity index (χ0) is 22.1. The SMILES string of the molecule is Cc1ccc(C(=O)NCC(=O)N/N=C\c2cc(Br)ccc2OCc2ccccc2)cc1. The number of hydrogen-bond acceptors (Lipinski definition) is 4. The van der Waals surface area contributed by atoms with Crippen molar-refractivity contribution in [3.05, 3.63) is 99.5 Å². The lowest BCUT2D eigenvalue weighted by Gasteiger charge is -2.10. The molecule has 3 aromatic carbocycles. The second-order valence-electron chi connectivity index (χ2n) is 6.80. The third kappa shape index (κ3) is 7.08. The summed E-state index contributed by atoms with van der Waals surface area (Å²) in [5, 5.41) is 6.55. The van der Waals surface area contributed by atoms with Gasteiger partial charge in [0.2, 0.25) is 0 Å². The minimum atomic E-state index is -0.432. The normalized spacial score (nSPS) is 10.6. The average Bonchev–Trinajstić information content (AvgIpc) is 2.78. The highest BCUT2D eigenvalue weighted by atomic mass is 79.9. The van der Waals surface area contributed by atoms with Gasteiger partial charge in [-0.15, -0.1) is 0 Å². The third-order valence-corrected chi connectivity index (χ3v) is 4.82. The Balaban J connectivity index is 1.53. The Morgan fingerprint density at radius 2 is 1.77 bits per heavy atom. The minimum Gasteiger partial charge on any atom is -0.488 e. The molecule has 0 fully saturated rings. The predicted molar refractivity (Wildman–Crippen MR) is 124 cm³/mol. The van der Waals surface area contributed by atoms with Gasteiger partial charge in [-0.3, -0.25) is 9.59 Å². The lowest BCUT2D eigenvalue weighted by molar-refractivity contribution is -0.120. The number of amides is 2. The van der Waals surface area contributed by atoms with E-state index in [-0.39, 0.29) is 12.5 Å². The van der Waals surface area contributed by atoms with Crippen molar-refractivity contribution in [2.24, 2.45) is 5.10 Å². The lowest BCUT2D eigenvalue weighted by Crippen LogP contribution is -2.34. The molecule has 0 heterocycles. The Labute approximate surface area is 189 Å². The molecule has 6 nitrogen and oxygen atoms in total. The third-order valence-electron chi connectivity index (χ3n) is 4.33. The van der Waals surface area contributed by atoms with E-state index in [2.05, 4.69) is 31.8 Å². The second kappa shape index (κ2) is 11.1. The van der Waals surface area contributed by atoms with E-state index in [9.17, 15) is 9.59 Å². The van der Waals surface area contributed by atoms with Gasteiger partial charge >= 0.3 is 0 Å². The van der Waals surface area contributed by atoms with Gasteiger partial charge in [-0.05, 0) is 42.8 Å². The van der Waals surface area contributed by atoms with Crippen molar-refractivity contribution in [2.45, 2.75) is 13.5 Å². The molecule has 0 radical (unpaired) electrons. The Bertz CT molecular complexity index is 1070. The largest absolute Gasteiger partial charge is 0.488 e. The summed E-state index contributed by atoms with van der Waals surface area (Å²) in [5.74, 6) is -0.112. The van der Waals surface area contributed by atoms with Crippen molar-refractivity contribution in [2.75, 3.05) is 6.54 Å². The fraction of sp³-hybridized carbons (Fsp3) is 0.125. The van der Waals surface area contributed by atoms with Crippen LogP contribution in [0.25, 0.3) is 0 Å². The summed E-state index contributed by atoms with van der Waals surface area (Å²) >= 11 is 3.43. The Hall–Kier alpha value is -3.45. The zero-order valence-electron chi connectivity index (χ0n) is 17.0. The Kier molecular flexibility index (Phi) is 7.95. The van der Waals surface area contributed by atoms with Crippen molar-refractivity contribution < 1.29 is 14.3 Å².